The van der Waals surface area contributed by atoms with Crippen LogP contribution < -0.4 is 5.32 Å². The predicted molar refractivity (Wildman–Crippen MR) is 91.5 cm³/mol. The summed E-state index contributed by atoms with van der Waals surface area (Å²) in [5.41, 5.74) is 0.411. The van der Waals surface area contributed by atoms with Gasteiger partial charge in [0.05, 0.1) is 12.2 Å². The quantitative estimate of drug-likeness (QED) is 0.862. The Bertz CT molecular complexity index is 557. The normalized spacial score (nSPS) is 20.9. The molecule has 1 fully saturated rings. The smallest absolute Gasteiger partial charge is 0.276 e. The number of aromatic nitrogens is 3. The molecule has 24 heavy (non-hydrogen) atoms. The molecule has 0 bridgehead atoms. The summed E-state index contributed by atoms with van der Waals surface area (Å²) in [4.78, 5) is 25.8. The molecule has 7 nitrogen and oxygen atoms in total. The van der Waals surface area contributed by atoms with Crippen LogP contribution in [0.1, 0.15) is 69.9 Å². The molecule has 0 aromatic carbocycles. The molecule has 1 saturated carbocycles. The summed E-state index contributed by atoms with van der Waals surface area (Å²) in [5.74, 6) is 0.0714. The van der Waals surface area contributed by atoms with Crippen LogP contribution in [0.2, 0.25) is 0 Å². The van der Waals surface area contributed by atoms with Gasteiger partial charge in [-0.25, -0.2) is 4.68 Å². The van der Waals surface area contributed by atoms with Crippen molar-refractivity contribution in [2.75, 3.05) is 13.1 Å². The van der Waals surface area contributed by atoms with E-state index >= 15 is 0 Å². The first kappa shape index (κ1) is 18.4. The van der Waals surface area contributed by atoms with Crippen LogP contribution in [-0.2, 0) is 4.79 Å². The molecule has 1 aliphatic carbocycles. The molecule has 0 unspecified atom stereocenters. The molecule has 0 aliphatic heterocycles. The van der Waals surface area contributed by atoms with E-state index in [2.05, 4.69) is 15.6 Å². The van der Waals surface area contributed by atoms with Crippen molar-refractivity contribution in [2.24, 2.45) is 5.92 Å². The molecule has 2 rings (SSSR count). The van der Waals surface area contributed by atoms with Gasteiger partial charge in [0, 0.05) is 25.0 Å². The zero-order valence-corrected chi connectivity index (χ0v) is 15.2. The molecular formula is C17H29N5O2. The Morgan fingerprint density at radius 2 is 1.88 bits per heavy atom. The van der Waals surface area contributed by atoms with E-state index in [4.69, 9.17) is 0 Å². The van der Waals surface area contributed by atoms with E-state index in [9.17, 15) is 9.59 Å². The monoisotopic (exact) mass is 335 g/mol. The summed E-state index contributed by atoms with van der Waals surface area (Å²) in [6.07, 6.45) is 5.50. The number of hydrogen-bond donors (Lipinski definition) is 1. The Morgan fingerprint density at radius 1 is 1.25 bits per heavy atom. The fourth-order valence-corrected chi connectivity index (χ4v) is 3.08. The third kappa shape index (κ3) is 4.33. The number of carbonyl (C=O) groups excluding carboxylic acids is 2. The molecular weight excluding hydrogens is 306 g/mol. The van der Waals surface area contributed by atoms with Crippen LogP contribution in [-0.4, -0.2) is 50.8 Å². The first-order valence-corrected chi connectivity index (χ1v) is 8.97. The minimum absolute atomic E-state index is 0.0201. The second kappa shape index (κ2) is 8.26. The Balaban J connectivity index is 1.91. The SMILES string of the molecule is CCN(CC)C(=O)c1cn(C2CCC(NC(=O)C(C)C)CC2)nn1. The highest BCUT2D eigenvalue weighted by molar-refractivity contribution is 5.91. The lowest BCUT2D eigenvalue weighted by molar-refractivity contribution is -0.125. The van der Waals surface area contributed by atoms with Crippen LogP contribution in [0.15, 0.2) is 6.20 Å². The van der Waals surface area contributed by atoms with Gasteiger partial charge in [-0.05, 0) is 39.5 Å². The molecule has 1 N–H and O–H groups in total. The molecule has 0 saturated heterocycles. The topological polar surface area (TPSA) is 80.1 Å². The van der Waals surface area contributed by atoms with Gasteiger partial charge < -0.3 is 10.2 Å². The highest BCUT2D eigenvalue weighted by Gasteiger charge is 2.26. The van der Waals surface area contributed by atoms with Crippen molar-refractivity contribution >= 4 is 11.8 Å². The molecule has 7 heteroatoms. The molecule has 1 heterocycles. The summed E-state index contributed by atoms with van der Waals surface area (Å²) in [6.45, 7) is 9.07. The summed E-state index contributed by atoms with van der Waals surface area (Å²) in [5, 5.41) is 11.3. The van der Waals surface area contributed by atoms with E-state index < -0.39 is 0 Å². The molecule has 134 valence electrons. The van der Waals surface area contributed by atoms with Crippen molar-refractivity contribution in [2.45, 2.75) is 65.5 Å². The summed E-state index contributed by atoms with van der Waals surface area (Å²) in [6, 6.07) is 0.499. The van der Waals surface area contributed by atoms with Crippen molar-refractivity contribution in [1.29, 1.82) is 0 Å². The standard InChI is InChI=1S/C17H29N5O2/c1-5-21(6-2)17(24)15-11-22(20-19-15)14-9-7-13(8-10-14)18-16(23)12(3)4/h11-14H,5-10H2,1-4H3,(H,18,23). The van der Waals surface area contributed by atoms with Gasteiger partial charge in [-0.1, -0.05) is 19.1 Å². The van der Waals surface area contributed by atoms with Gasteiger partial charge in [0.2, 0.25) is 5.91 Å². The maximum atomic E-state index is 12.3. The average molecular weight is 335 g/mol. The van der Waals surface area contributed by atoms with Crippen LogP contribution in [0.25, 0.3) is 0 Å². The molecule has 1 aromatic heterocycles. The van der Waals surface area contributed by atoms with Crippen LogP contribution in [0.5, 0.6) is 0 Å². The molecule has 2 amide bonds. The van der Waals surface area contributed by atoms with Gasteiger partial charge in [0.25, 0.3) is 5.91 Å². The third-order valence-electron chi connectivity index (χ3n) is 4.72. The summed E-state index contributed by atoms with van der Waals surface area (Å²) >= 11 is 0. The molecule has 1 aliphatic rings. The number of nitrogens with one attached hydrogen (secondary N) is 1. The Hall–Kier alpha value is -1.92. The van der Waals surface area contributed by atoms with Crippen molar-refractivity contribution in [1.82, 2.24) is 25.2 Å². The van der Waals surface area contributed by atoms with Gasteiger partial charge in [-0.2, -0.15) is 0 Å². The first-order valence-electron chi connectivity index (χ1n) is 8.97. The number of carbonyl (C=O) groups is 2. The number of amides is 2. The lowest BCUT2D eigenvalue weighted by atomic mass is 9.91. The van der Waals surface area contributed by atoms with Crippen molar-refractivity contribution in [3.05, 3.63) is 11.9 Å². The van der Waals surface area contributed by atoms with Gasteiger partial charge in [0.15, 0.2) is 5.69 Å². The lowest BCUT2D eigenvalue weighted by Crippen LogP contribution is -2.40. The van der Waals surface area contributed by atoms with Crippen LogP contribution in [0, 0.1) is 5.92 Å². The molecule has 0 spiro atoms. The van der Waals surface area contributed by atoms with Gasteiger partial charge >= 0.3 is 0 Å². The highest BCUT2D eigenvalue weighted by Crippen LogP contribution is 2.28. The second-order valence-electron chi connectivity index (χ2n) is 6.73. The highest BCUT2D eigenvalue weighted by atomic mass is 16.2. The van der Waals surface area contributed by atoms with E-state index in [0.717, 1.165) is 25.7 Å². The maximum Gasteiger partial charge on any atom is 0.276 e. The zero-order valence-electron chi connectivity index (χ0n) is 15.2. The Labute approximate surface area is 143 Å². The predicted octanol–water partition coefficient (Wildman–Crippen LogP) is 2.02. The van der Waals surface area contributed by atoms with Gasteiger partial charge in [-0.3, -0.25) is 9.59 Å². The van der Waals surface area contributed by atoms with Crippen LogP contribution >= 0.6 is 0 Å². The first-order chi connectivity index (χ1) is 11.5. The van der Waals surface area contributed by atoms with E-state index in [0.29, 0.717) is 18.8 Å². The van der Waals surface area contributed by atoms with Crippen molar-refractivity contribution in [3.63, 3.8) is 0 Å². The fourth-order valence-electron chi connectivity index (χ4n) is 3.08. The third-order valence-corrected chi connectivity index (χ3v) is 4.72. The Morgan fingerprint density at radius 3 is 2.42 bits per heavy atom. The van der Waals surface area contributed by atoms with Crippen molar-refractivity contribution < 1.29 is 9.59 Å². The van der Waals surface area contributed by atoms with E-state index in [-0.39, 0.29) is 29.8 Å². The number of hydrogen-bond acceptors (Lipinski definition) is 4. The summed E-state index contributed by atoms with van der Waals surface area (Å²) < 4.78 is 1.82. The summed E-state index contributed by atoms with van der Waals surface area (Å²) in [7, 11) is 0. The molecule has 0 radical (unpaired) electrons. The Kier molecular flexibility index (Phi) is 6.34. The molecule has 1 aromatic rings. The van der Waals surface area contributed by atoms with Crippen LogP contribution in [0.4, 0.5) is 0 Å². The van der Waals surface area contributed by atoms with Crippen LogP contribution in [0.3, 0.4) is 0 Å². The number of rotatable bonds is 6. The van der Waals surface area contributed by atoms with E-state index in [1.54, 1.807) is 11.1 Å². The van der Waals surface area contributed by atoms with Crippen molar-refractivity contribution in [3.8, 4) is 0 Å². The van der Waals surface area contributed by atoms with Gasteiger partial charge in [0.1, 0.15) is 0 Å². The zero-order chi connectivity index (χ0) is 17.7. The number of nitrogens with zero attached hydrogens (tertiary/aromatic N) is 4. The molecule has 0 atom stereocenters. The van der Waals surface area contributed by atoms with Gasteiger partial charge in [-0.15, -0.1) is 5.10 Å². The largest absolute Gasteiger partial charge is 0.353 e. The maximum absolute atomic E-state index is 12.3. The minimum atomic E-state index is -0.0656. The lowest BCUT2D eigenvalue weighted by Gasteiger charge is -2.29. The van der Waals surface area contributed by atoms with E-state index in [1.165, 1.54) is 0 Å². The van der Waals surface area contributed by atoms with E-state index in [1.807, 2.05) is 32.4 Å². The minimum Gasteiger partial charge on any atom is -0.353 e. The average Bonchev–Trinajstić information content (AvgIpc) is 3.06. The fraction of sp³-hybridized carbons (Fsp3) is 0.765. The second-order valence-corrected chi connectivity index (χ2v) is 6.73.